The number of aryl methyl sites for hydroxylation is 1. The van der Waals surface area contributed by atoms with Crippen LogP contribution < -0.4 is 15.4 Å². The Morgan fingerprint density at radius 3 is 2.74 bits per heavy atom. The number of hydrogen-bond donors (Lipinski definition) is 2. The minimum atomic E-state index is -0.307. The zero-order chi connectivity index (χ0) is 21.3. The highest BCUT2D eigenvalue weighted by atomic mass is 127. The first-order valence-corrected chi connectivity index (χ1v) is 10.5. The Hall–Kier alpha value is -1.95. The molecular weight excluding hydrogens is 512 g/mol. The van der Waals surface area contributed by atoms with Crippen molar-refractivity contribution in [1.29, 1.82) is 0 Å². The van der Waals surface area contributed by atoms with Gasteiger partial charge in [-0.15, -0.1) is 34.2 Å². The van der Waals surface area contributed by atoms with Crippen molar-refractivity contribution in [3.63, 3.8) is 0 Å². The van der Waals surface area contributed by atoms with E-state index in [1.165, 1.54) is 7.11 Å². The van der Waals surface area contributed by atoms with E-state index >= 15 is 0 Å². The summed E-state index contributed by atoms with van der Waals surface area (Å²) in [7, 11) is 3.27. The number of likely N-dealkylation sites (tertiary alicyclic amines) is 1. The molecule has 0 radical (unpaired) electrons. The fourth-order valence-corrected chi connectivity index (χ4v) is 3.72. The predicted octanol–water partition coefficient (Wildman–Crippen LogP) is 2.44. The number of benzene rings is 1. The molecule has 0 atom stereocenters. The number of nitrogens with one attached hydrogen (secondary N) is 2. The van der Waals surface area contributed by atoms with Gasteiger partial charge in [-0.2, -0.15) is 0 Å². The average molecular weight is 545 g/mol. The fourth-order valence-electron chi connectivity index (χ4n) is 3.72. The van der Waals surface area contributed by atoms with Crippen LogP contribution in [-0.2, 0) is 19.5 Å². The fraction of sp³-hybridized carbons (Fsp3) is 0.571. The van der Waals surface area contributed by atoms with Crippen LogP contribution in [0.3, 0.4) is 0 Å². The van der Waals surface area contributed by atoms with Gasteiger partial charge in [0.25, 0.3) is 0 Å². The molecule has 1 aromatic heterocycles. The number of methoxy groups -OCH3 is 1. The number of ether oxygens (including phenoxy) is 1. The molecule has 0 amide bonds. The van der Waals surface area contributed by atoms with Gasteiger partial charge in [-0.05, 0) is 30.5 Å². The van der Waals surface area contributed by atoms with Gasteiger partial charge in [0.2, 0.25) is 0 Å². The minimum Gasteiger partial charge on any atom is -0.494 e. The van der Waals surface area contributed by atoms with Crippen LogP contribution >= 0.6 is 24.0 Å². The monoisotopic (exact) mass is 545 g/mol. The van der Waals surface area contributed by atoms with E-state index in [1.54, 1.807) is 25.5 Å². The average Bonchev–Trinajstić information content (AvgIpc) is 3.22. The second kappa shape index (κ2) is 12.8. The lowest BCUT2D eigenvalue weighted by atomic mass is 10.0. The zero-order valence-corrected chi connectivity index (χ0v) is 20.8. The molecule has 172 valence electrons. The molecule has 8 nitrogen and oxygen atoms in total. The summed E-state index contributed by atoms with van der Waals surface area (Å²) < 4.78 is 20.9. The van der Waals surface area contributed by atoms with Crippen LogP contribution in [0.5, 0.6) is 5.75 Å². The second-order valence-corrected chi connectivity index (χ2v) is 7.46. The Morgan fingerprint density at radius 2 is 2.10 bits per heavy atom. The highest BCUT2D eigenvalue weighted by Gasteiger charge is 2.20. The lowest BCUT2D eigenvalue weighted by Gasteiger charge is -2.33. The molecule has 3 rings (SSSR count). The highest BCUT2D eigenvalue weighted by Crippen LogP contribution is 2.20. The molecule has 31 heavy (non-hydrogen) atoms. The molecule has 2 aromatic rings. The lowest BCUT2D eigenvalue weighted by Crippen LogP contribution is -2.49. The number of halogens is 2. The first-order chi connectivity index (χ1) is 14.6. The van der Waals surface area contributed by atoms with Crippen LogP contribution in [-0.4, -0.2) is 65.5 Å². The third kappa shape index (κ3) is 7.30. The molecule has 1 aromatic carbocycles. The molecule has 1 fully saturated rings. The van der Waals surface area contributed by atoms with E-state index in [0.717, 1.165) is 69.3 Å². The summed E-state index contributed by atoms with van der Waals surface area (Å²) in [5.41, 5.74) is 0.970. The van der Waals surface area contributed by atoms with Crippen molar-refractivity contribution in [2.45, 2.75) is 45.3 Å². The summed E-state index contributed by atoms with van der Waals surface area (Å²) >= 11 is 0. The molecule has 0 saturated carbocycles. The summed E-state index contributed by atoms with van der Waals surface area (Å²) in [4.78, 5) is 6.70. The van der Waals surface area contributed by atoms with Crippen LogP contribution in [0.4, 0.5) is 4.39 Å². The van der Waals surface area contributed by atoms with E-state index in [4.69, 9.17) is 4.74 Å². The smallest absolute Gasteiger partial charge is 0.191 e. The van der Waals surface area contributed by atoms with Crippen molar-refractivity contribution in [3.8, 4) is 5.75 Å². The summed E-state index contributed by atoms with van der Waals surface area (Å²) in [5, 5.41) is 15.0. The Bertz CT molecular complexity index is 837. The molecule has 1 aliphatic heterocycles. The number of guanidine groups is 1. The molecule has 0 bridgehead atoms. The normalized spacial score (nSPS) is 15.4. The number of aromatic nitrogens is 3. The van der Waals surface area contributed by atoms with Crippen molar-refractivity contribution >= 4 is 29.9 Å². The molecule has 1 saturated heterocycles. The second-order valence-electron chi connectivity index (χ2n) is 7.46. The van der Waals surface area contributed by atoms with Gasteiger partial charge in [0.15, 0.2) is 17.5 Å². The largest absolute Gasteiger partial charge is 0.494 e. The highest BCUT2D eigenvalue weighted by molar-refractivity contribution is 14.0. The number of piperidine rings is 1. The SMILES string of the molecule is CCc1nncn1CCNC(=NC)NC1CCN(Cc2ccc(OC)c(F)c2)CC1.I. The third-order valence-corrected chi connectivity index (χ3v) is 5.43. The van der Waals surface area contributed by atoms with Gasteiger partial charge in [-0.25, -0.2) is 4.39 Å². The van der Waals surface area contributed by atoms with Crippen LogP contribution in [0.2, 0.25) is 0 Å². The quantitative estimate of drug-likeness (QED) is 0.302. The zero-order valence-electron chi connectivity index (χ0n) is 18.5. The van der Waals surface area contributed by atoms with Gasteiger partial charge >= 0.3 is 0 Å². The third-order valence-electron chi connectivity index (χ3n) is 5.43. The number of nitrogens with zero attached hydrogens (tertiary/aromatic N) is 5. The standard InChI is InChI=1S/C21H32FN7O.HI/c1-4-20-27-25-15-29(20)12-9-24-21(23-2)26-17-7-10-28(11-8-17)14-16-5-6-19(30-3)18(22)13-16;/h5-6,13,15,17H,4,7-12,14H2,1-3H3,(H2,23,24,26);1H. The van der Waals surface area contributed by atoms with Crippen LogP contribution in [0.1, 0.15) is 31.2 Å². The number of aliphatic imine (C=N–C) groups is 1. The van der Waals surface area contributed by atoms with Crippen molar-refractivity contribution in [3.05, 3.63) is 41.7 Å². The maximum absolute atomic E-state index is 13.9. The first kappa shape index (κ1) is 25.3. The Labute approximate surface area is 200 Å². The van der Waals surface area contributed by atoms with Crippen LogP contribution in [0.15, 0.2) is 29.5 Å². The summed E-state index contributed by atoms with van der Waals surface area (Å²) in [6.45, 7) is 6.30. The van der Waals surface area contributed by atoms with E-state index < -0.39 is 0 Å². The molecule has 0 spiro atoms. The number of rotatable bonds is 8. The summed E-state index contributed by atoms with van der Waals surface area (Å²) in [6, 6.07) is 5.56. The predicted molar refractivity (Wildman–Crippen MR) is 131 cm³/mol. The Kier molecular flexibility index (Phi) is 10.4. The molecule has 1 aliphatic rings. The van der Waals surface area contributed by atoms with E-state index in [2.05, 4.69) is 42.2 Å². The topological polar surface area (TPSA) is 79.6 Å². The van der Waals surface area contributed by atoms with Crippen LogP contribution in [0.25, 0.3) is 0 Å². The molecule has 2 N–H and O–H groups in total. The van der Waals surface area contributed by atoms with Gasteiger partial charge in [0.1, 0.15) is 12.2 Å². The minimum absolute atomic E-state index is 0. The van der Waals surface area contributed by atoms with E-state index in [0.29, 0.717) is 6.04 Å². The van der Waals surface area contributed by atoms with E-state index in [1.807, 2.05) is 6.07 Å². The maximum atomic E-state index is 13.9. The maximum Gasteiger partial charge on any atom is 0.191 e. The molecule has 2 heterocycles. The van der Waals surface area contributed by atoms with Crippen molar-refractivity contribution < 1.29 is 9.13 Å². The molecule has 10 heteroatoms. The van der Waals surface area contributed by atoms with Crippen LogP contribution in [0, 0.1) is 5.82 Å². The van der Waals surface area contributed by atoms with E-state index in [9.17, 15) is 4.39 Å². The van der Waals surface area contributed by atoms with Crippen molar-refractivity contribution in [1.82, 2.24) is 30.3 Å². The van der Waals surface area contributed by atoms with E-state index in [-0.39, 0.29) is 35.5 Å². The van der Waals surface area contributed by atoms with Gasteiger partial charge in [-0.3, -0.25) is 9.89 Å². The first-order valence-electron chi connectivity index (χ1n) is 10.5. The molecule has 0 unspecified atom stereocenters. The van der Waals surface area contributed by atoms with Crippen molar-refractivity contribution in [2.24, 2.45) is 4.99 Å². The van der Waals surface area contributed by atoms with Gasteiger partial charge < -0.3 is 19.9 Å². The number of hydrogen-bond acceptors (Lipinski definition) is 5. The van der Waals surface area contributed by atoms with Crippen molar-refractivity contribution in [2.75, 3.05) is 33.8 Å². The lowest BCUT2D eigenvalue weighted by molar-refractivity contribution is 0.198. The molecular formula is C21H33FIN7O. The van der Waals surface area contributed by atoms with Gasteiger partial charge in [0, 0.05) is 52.2 Å². The molecule has 0 aliphatic carbocycles. The van der Waals surface area contributed by atoms with Gasteiger partial charge in [0.05, 0.1) is 7.11 Å². The Morgan fingerprint density at radius 1 is 1.32 bits per heavy atom. The van der Waals surface area contributed by atoms with Gasteiger partial charge in [-0.1, -0.05) is 13.0 Å². The Balaban J connectivity index is 0.00000341. The summed E-state index contributed by atoms with van der Waals surface area (Å²) in [6.07, 6.45) is 4.67. The summed E-state index contributed by atoms with van der Waals surface area (Å²) in [5.74, 6) is 1.79.